The van der Waals surface area contributed by atoms with Gasteiger partial charge in [-0.05, 0) is 12.8 Å². The van der Waals surface area contributed by atoms with Crippen molar-refractivity contribution in [2.45, 2.75) is 37.8 Å². The number of hydrogen-bond acceptors (Lipinski definition) is 4. The number of hydrogen-bond donors (Lipinski definition) is 2. The predicted octanol–water partition coefficient (Wildman–Crippen LogP) is 1.71. The molecule has 0 unspecified atom stereocenters. The van der Waals surface area contributed by atoms with Crippen LogP contribution in [0.15, 0.2) is 25.3 Å². The second-order valence-electron chi connectivity index (χ2n) is 3.93. The maximum Gasteiger partial charge on any atom is 0.0861 e. The Morgan fingerprint density at radius 3 is 1.75 bits per heavy atom. The average Bonchev–Trinajstić information content (AvgIpc) is 2.32. The van der Waals surface area contributed by atoms with Crippen LogP contribution in [0.1, 0.15) is 25.7 Å². The van der Waals surface area contributed by atoms with Gasteiger partial charge in [0, 0.05) is 12.1 Å². The van der Waals surface area contributed by atoms with Crippen LogP contribution in [-0.4, -0.2) is 25.3 Å². The lowest BCUT2D eigenvalue weighted by Crippen LogP contribution is -2.49. The number of nitrogens with one attached hydrogen (secondary N) is 2. The van der Waals surface area contributed by atoms with Crippen molar-refractivity contribution in [1.29, 1.82) is 0 Å². The highest BCUT2D eigenvalue weighted by Gasteiger charge is 2.25. The Bertz CT molecular complexity index is 187. The highest BCUT2D eigenvalue weighted by Crippen LogP contribution is 2.18. The summed E-state index contributed by atoms with van der Waals surface area (Å²) >= 11 is 0. The molecule has 2 N–H and O–H groups in total. The van der Waals surface area contributed by atoms with Crippen LogP contribution in [0.3, 0.4) is 0 Å². The Balaban J connectivity index is 2.25. The van der Waals surface area contributed by atoms with E-state index in [-0.39, 0.29) is 0 Å². The van der Waals surface area contributed by atoms with E-state index in [9.17, 15) is 0 Å². The van der Waals surface area contributed by atoms with Crippen LogP contribution >= 0.6 is 0 Å². The fourth-order valence-electron chi connectivity index (χ4n) is 1.84. The minimum Gasteiger partial charge on any atom is -0.297 e. The van der Waals surface area contributed by atoms with E-state index < -0.39 is 0 Å². The van der Waals surface area contributed by atoms with Gasteiger partial charge in [-0.25, -0.2) is 0 Å². The van der Waals surface area contributed by atoms with Crippen molar-refractivity contribution in [1.82, 2.24) is 11.0 Å². The summed E-state index contributed by atoms with van der Waals surface area (Å²) in [5.41, 5.74) is 6.12. The first kappa shape index (κ1) is 13.4. The first-order valence-corrected chi connectivity index (χ1v) is 5.85. The molecule has 1 saturated carbocycles. The fraction of sp³-hybridized carbons (Fsp3) is 0.667. The molecule has 0 aliphatic heterocycles. The minimum atomic E-state index is 0.304. The van der Waals surface area contributed by atoms with Gasteiger partial charge in [-0.1, -0.05) is 25.0 Å². The molecule has 16 heavy (non-hydrogen) atoms. The zero-order valence-corrected chi connectivity index (χ0v) is 9.78. The van der Waals surface area contributed by atoms with Crippen LogP contribution in [0.5, 0.6) is 0 Å². The van der Waals surface area contributed by atoms with E-state index in [2.05, 4.69) is 24.1 Å². The van der Waals surface area contributed by atoms with E-state index in [0.717, 1.165) is 12.8 Å². The third-order valence-corrected chi connectivity index (χ3v) is 2.64. The first-order chi connectivity index (χ1) is 7.88. The Morgan fingerprint density at radius 2 is 1.38 bits per heavy atom. The van der Waals surface area contributed by atoms with Crippen LogP contribution in [0, 0.1) is 0 Å². The topological polar surface area (TPSA) is 42.5 Å². The molecule has 1 aliphatic carbocycles. The summed E-state index contributed by atoms with van der Waals surface area (Å²) in [5, 5.41) is 0. The maximum absolute atomic E-state index is 5.28. The lowest BCUT2D eigenvalue weighted by atomic mass is 9.91. The zero-order chi connectivity index (χ0) is 11.6. The molecule has 0 saturated heterocycles. The summed E-state index contributed by atoms with van der Waals surface area (Å²) in [6.07, 6.45) is 8.13. The van der Waals surface area contributed by atoms with Crippen molar-refractivity contribution < 1.29 is 9.68 Å². The summed E-state index contributed by atoms with van der Waals surface area (Å²) < 4.78 is 0. The van der Waals surface area contributed by atoms with Crippen LogP contribution in [0.4, 0.5) is 0 Å². The van der Waals surface area contributed by atoms with Crippen LogP contribution in [-0.2, 0) is 9.68 Å². The van der Waals surface area contributed by atoms with E-state index >= 15 is 0 Å². The van der Waals surface area contributed by atoms with Crippen molar-refractivity contribution in [2.75, 3.05) is 13.2 Å². The van der Waals surface area contributed by atoms with Crippen molar-refractivity contribution in [3.63, 3.8) is 0 Å². The van der Waals surface area contributed by atoms with Crippen molar-refractivity contribution in [3.05, 3.63) is 25.3 Å². The summed E-state index contributed by atoms with van der Waals surface area (Å²) in [4.78, 5) is 10.6. The normalized spacial score (nSPS) is 25.2. The van der Waals surface area contributed by atoms with E-state index in [1.54, 1.807) is 12.2 Å². The molecule has 1 aliphatic rings. The standard InChI is InChI=1S/C12H22N2O2/c1-3-9-15-13-11-7-5-6-8-12(11)14-16-10-4-2/h3-4,11-14H,1-2,5-10H2/t11-,12-/m0/s1. The zero-order valence-electron chi connectivity index (χ0n) is 9.78. The van der Waals surface area contributed by atoms with Gasteiger partial charge in [0.2, 0.25) is 0 Å². The van der Waals surface area contributed by atoms with Gasteiger partial charge in [0.1, 0.15) is 0 Å². The first-order valence-electron chi connectivity index (χ1n) is 5.85. The summed E-state index contributed by atoms with van der Waals surface area (Å²) in [6.45, 7) is 8.26. The number of hydroxylamine groups is 2. The highest BCUT2D eigenvalue weighted by atomic mass is 16.7. The van der Waals surface area contributed by atoms with Gasteiger partial charge in [0.15, 0.2) is 0 Å². The Labute approximate surface area is 97.6 Å². The maximum atomic E-state index is 5.28. The van der Waals surface area contributed by atoms with Crippen molar-refractivity contribution in [3.8, 4) is 0 Å². The Morgan fingerprint density at radius 1 is 0.938 bits per heavy atom. The summed E-state index contributed by atoms with van der Waals surface area (Å²) in [6, 6.07) is 0.608. The van der Waals surface area contributed by atoms with Crippen LogP contribution in [0.25, 0.3) is 0 Å². The van der Waals surface area contributed by atoms with Gasteiger partial charge in [0.05, 0.1) is 13.2 Å². The molecule has 4 heteroatoms. The predicted molar refractivity (Wildman–Crippen MR) is 64.6 cm³/mol. The quantitative estimate of drug-likeness (QED) is 0.376. The second kappa shape index (κ2) is 8.47. The van der Waals surface area contributed by atoms with E-state index in [0.29, 0.717) is 25.3 Å². The minimum absolute atomic E-state index is 0.304. The lowest BCUT2D eigenvalue weighted by Gasteiger charge is -2.31. The number of rotatable bonds is 8. The monoisotopic (exact) mass is 226 g/mol. The highest BCUT2D eigenvalue weighted by molar-refractivity contribution is 4.82. The van der Waals surface area contributed by atoms with E-state index in [4.69, 9.17) is 9.68 Å². The van der Waals surface area contributed by atoms with Gasteiger partial charge in [-0.15, -0.1) is 13.2 Å². The third-order valence-electron chi connectivity index (χ3n) is 2.64. The largest absolute Gasteiger partial charge is 0.297 e. The van der Waals surface area contributed by atoms with Gasteiger partial charge in [-0.2, -0.15) is 11.0 Å². The molecule has 0 bridgehead atoms. The Hall–Kier alpha value is -0.680. The smallest absolute Gasteiger partial charge is 0.0861 e. The molecule has 92 valence electrons. The van der Waals surface area contributed by atoms with Crippen molar-refractivity contribution >= 4 is 0 Å². The molecule has 0 spiro atoms. The molecular weight excluding hydrogens is 204 g/mol. The summed E-state index contributed by atoms with van der Waals surface area (Å²) in [7, 11) is 0. The van der Waals surface area contributed by atoms with Gasteiger partial charge >= 0.3 is 0 Å². The molecule has 0 radical (unpaired) electrons. The van der Waals surface area contributed by atoms with E-state index in [1.807, 2.05) is 0 Å². The van der Waals surface area contributed by atoms with Crippen LogP contribution in [0.2, 0.25) is 0 Å². The molecular formula is C12H22N2O2. The lowest BCUT2D eigenvalue weighted by molar-refractivity contribution is -0.0321. The van der Waals surface area contributed by atoms with Gasteiger partial charge < -0.3 is 0 Å². The molecule has 0 aromatic rings. The molecule has 0 aromatic heterocycles. The average molecular weight is 226 g/mol. The molecule has 0 heterocycles. The fourth-order valence-corrected chi connectivity index (χ4v) is 1.84. The SMILES string of the molecule is C=CCON[C@H]1CCCC[C@@H]1NOCC=C. The van der Waals surface area contributed by atoms with Crippen LogP contribution < -0.4 is 11.0 Å². The molecule has 0 aromatic carbocycles. The van der Waals surface area contributed by atoms with Gasteiger partial charge in [0.25, 0.3) is 0 Å². The second-order valence-corrected chi connectivity index (χ2v) is 3.93. The molecule has 4 nitrogen and oxygen atoms in total. The molecule has 2 atom stereocenters. The summed E-state index contributed by atoms with van der Waals surface area (Å²) in [5.74, 6) is 0. The Kier molecular flexibility index (Phi) is 7.09. The molecule has 0 amide bonds. The third kappa shape index (κ3) is 4.90. The molecule has 1 rings (SSSR count). The van der Waals surface area contributed by atoms with E-state index in [1.165, 1.54) is 12.8 Å². The molecule has 1 fully saturated rings. The van der Waals surface area contributed by atoms with Gasteiger partial charge in [-0.3, -0.25) is 9.68 Å². The van der Waals surface area contributed by atoms with Crippen molar-refractivity contribution in [2.24, 2.45) is 0 Å².